The number of methoxy groups -OCH3 is 1. The predicted molar refractivity (Wildman–Crippen MR) is 57.1 cm³/mol. The van der Waals surface area contributed by atoms with E-state index in [1.807, 2.05) is 0 Å². The molecular weight excluding hydrogens is 182 g/mol. The minimum absolute atomic E-state index is 0.412. The molecule has 0 heterocycles. The molecule has 0 aliphatic rings. The molecule has 0 aliphatic carbocycles. The molecule has 1 aromatic carbocycles. The highest BCUT2D eigenvalue weighted by Gasteiger charge is 2.05. The number of ether oxygens (including phenoxy) is 2. The van der Waals surface area contributed by atoms with Crippen molar-refractivity contribution in [1.29, 1.82) is 0 Å². The number of nitrogen functional groups attached to an aromatic ring is 3. The number of hydrogen-bond donors (Lipinski definition) is 3. The summed E-state index contributed by atoms with van der Waals surface area (Å²) in [6.07, 6.45) is 0. The molecular formula is C9H15N3O2. The smallest absolute Gasteiger partial charge is 0.146 e. The van der Waals surface area contributed by atoms with E-state index in [1.54, 1.807) is 19.2 Å². The molecule has 6 N–H and O–H groups in total. The van der Waals surface area contributed by atoms with Gasteiger partial charge in [0.15, 0.2) is 0 Å². The molecule has 0 aliphatic heterocycles. The van der Waals surface area contributed by atoms with Crippen molar-refractivity contribution in [2.24, 2.45) is 0 Å². The van der Waals surface area contributed by atoms with Gasteiger partial charge in [0.1, 0.15) is 12.4 Å². The Hall–Kier alpha value is -1.62. The molecule has 78 valence electrons. The Morgan fingerprint density at radius 1 is 1.14 bits per heavy atom. The van der Waals surface area contributed by atoms with Crippen LogP contribution in [0.2, 0.25) is 0 Å². The van der Waals surface area contributed by atoms with Crippen molar-refractivity contribution in [3.63, 3.8) is 0 Å². The summed E-state index contributed by atoms with van der Waals surface area (Å²) in [4.78, 5) is 0. The van der Waals surface area contributed by atoms with Gasteiger partial charge in [-0.05, 0) is 6.07 Å². The highest BCUT2D eigenvalue weighted by Crippen LogP contribution is 2.30. The molecule has 0 saturated carbocycles. The van der Waals surface area contributed by atoms with Gasteiger partial charge < -0.3 is 26.7 Å². The van der Waals surface area contributed by atoms with Gasteiger partial charge in [0.2, 0.25) is 0 Å². The van der Waals surface area contributed by atoms with Gasteiger partial charge in [-0.3, -0.25) is 0 Å². The van der Waals surface area contributed by atoms with Crippen molar-refractivity contribution in [2.75, 3.05) is 37.5 Å². The van der Waals surface area contributed by atoms with Crippen LogP contribution in [-0.4, -0.2) is 20.3 Å². The third kappa shape index (κ3) is 2.43. The van der Waals surface area contributed by atoms with E-state index in [0.717, 1.165) is 0 Å². The van der Waals surface area contributed by atoms with E-state index < -0.39 is 0 Å². The summed E-state index contributed by atoms with van der Waals surface area (Å²) >= 11 is 0. The van der Waals surface area contributed by atoms with E-state index in [2.05, 4.69) is 0 Å². The van der Waals surface area contributed by atoms with Crippen LogP contribution < -0.4 is 21.9 Å². The number of benzene rings is 1. The van der Waals surface area contributed by atoms with Gasteiger partial charge in [-0.15, -0.1) is 0 Å². The summed E-state index contributed by atoms with van der Waals surface area (Å²) in [7, 11) is 1.60. The molecule has 5 heteroatoms. The molecule has 1 aromatic rings. The largest absolute Gasteiger partial charge is 0.489 e. The van der Waals surface area contributed by atoms with E-state index in [-0.39, 0.29) is 0 Å². The zero-order valence-electron chi connectivity index (χ0n) is 8.12. The lowest BCUT2D eigenvalue weighted by atomic mass is 10.2. The van der Waals surface area contributed by atoms with Crippen LogP contribution in [0.1, 0.15) is 0 Å². The average molecular weight is 197 g/mol. The van der Waals surface area contributed by atoms with E-state index in [9.17, 15) is 0 Å². The first-order chi connectivity index (χ1) is 6.65. The van der Waals surface area contributed by atoms with Gasteiger partial charge in [0, 0.05) is 18.9 Å². The molecule has 0 bridgehead atoms. The van der Waals surface area contributed by atoms with Crippen molar-refractivity contribution in [3.8, 4) is 5.75 Å². The van der Waals surface area contributed by atoms with Gasteiger partial charge in [-0.2, -0.15) is 0 Å². The van der Waals surface area contributed by atoms with E-state index in [4.69, 9.17) is 26.7 Å². The lowest BCUT2D eigenvalue weighted by Gasteiger charge is -2.11. The molecule has 14 heavy (non-hydrogen) atoms. The molecule has 0 aromatic heterocycles. The average Bonchev–Trinajstić information content (AvgIpc) is 2.13. The van der Waals surface area contributed by atoms with Gasteiger partial charge in [-0.25, -0.2) is 0 Å². The summed E-state index contributed by atoms with van der Waals surface area (Å²) in [6.45, 7) is 0.914. The maximum atomic E-state index is 5.69. The monoisotopic (exact) mass is 197 g/mol. The molecule has 0 amide bonds. The first-order valence-corrected chi connectivity index (χ1v) is 4.21. The molecule has 0 radical (unpaired) electrons. The number of nitrogens with two attached hydrogens (primary N) is 3. The second kappa shape index (κ2) is 4.57. The van der Waals surface area contributed by atoms with Crippen molar-refractivity contribution in [3.05, 3.63) is 12.1 Å². The first kappa shape index (κ1) is 10.5. The molecule has 0 saturated heterocycles. The van der Waals surface area contributed by atoms with E-state index in [0.29, 0.717) is 36.0 Å². The Balaban J connectivity index is 2.75. The molecule has 1 rings (SSSR count). The van der Waals surface area contributed by atoms with E-state index >= 15 is 0 Å². The van der Waals surface area contributed by atoms with Crippen LogP contribution in [0.3, 0.4) is 0 Å². The normalized spacial score (nSPS) is 10.1. The minimum Gasteiger partial charge on any atom is -0.489 e. The van der Waals surface area contributed by atoms with E-state index in [1.165, 1.54) is 0 Å². The van der Waals surface area contributed by atoms with Crippen LogP contribution in [0.15, 0.2) is 12.1 Å². The summed E-state index contributed by atoms with van der Waals surface area (Å²) in [5, 5.41) is 0. The molecule has 0 unspecified atom stereocenters. The van der Waals surface area contributed by atoms with Gasteiger partial charge in [0.05, 0.1) is 18.0 Å². The van der Waals surface area contributed by atoms with Crippen LogP contribution in [0.25, 0.3) is 0 Å². The summed E-state index contributed by atoms with van der Waals surface area (Å²) in [6, 6.07) is 3.24. The Morgan fingerprint density at radius 3 is 2.50 bits per heavy atom. The lowest BCUT2D eigenvalue weighted by Crippen LogP contribution is -2.07. The fourth-order valence-corrected chi connectivity index (χ4v) is 1.02. The second-order valence-corrected chi connectivity index (χ2v) is 2.86. The summed E-state index contributed by atoms with van der Waals surface area (Å²) in [5.41, 5.74) is 18.3. The number of hydrogen-bond acceptors (Lipinski definition) is 5. The van der Waals surface area contributed by atoms with Gasteiger partial charge in [-0.1, -0.05) is 0 Å². The number of rotatable bonds is 4. The van der Waals surface area contributed by atoms with Crippen LogP contribution >= 0.6 is 0 Å². The Kier molecular flexibility index (Phi) is 3.41. The second-order valence-electron chi connectivity index (χ2n) is 2.86. The van der Waals surface area contributed by atoms with Crippen LogP contribution in [-0.2, 0) is 4.74 Å². The van der Waals surface area contributed by atoms with Crippen LogP contribution in [0, 0.1) is 0 Å². The summed E-state index contributed by atoms with van der Waals surface area (Å²) in [5.74, 6) is 0.500. The van der Waals surface area contributed by atoms with Gasteiger partial charge in [0.25, 0.3) is 0 Å². The van der Waals surface area contributed by atoms with Crippen molar-refractivity contribution in [1.82, 2.24) is 0 Å². The SMILES string of the molecule is COCCOc1cc(N)cc(N)c1N. The molecule has 0 atom stereocenters. The van der Waals surface area contributed by atoms with Crippen LogP contribution in [0.4, 0.5) is 17.1 Å². The van der Waals surface area contributed by atoms with Crippen molar-refractivity contribution < 1.29 is 9.47 Å². The topological polar surface area (TPSA) is 96.5 Å². The third-order valence-corrected chi connectivity index (χ3v) is 1.74. The lowest BCUT2D eigenvalue weighted by molar-refractivity contribution is 0.147. The highest BCUT2D eigenvalue weighted by atomic mass is 16.5. The Labute approximate surface area is 82.8 Å². The van der Waals surface area contributed by atoms with Crippen LogP contribution in [0.5, 0.6) is 5.75 Å². The maximum absolute atomic E-state index is 5.69. The Bertz CT molecular complexity index is 315. The molecule has 0 fully saturated rings. The maximum Gasteiger partial charge on any atom is 0.146 e. The highest BCUT2D eigenvalue weighted by molar-refractivity contribution is 5.75. The standard InChI is InChI=1S/C9H15N3O2/c1-13-2-3-14-8-5-6(10)4-7(11)9(8)12/h4-5H,2-3,10-12H2,1H3. The third-order valence-electron chi connectivity index (χ3n) is 1.74. The quantitative estimate of drug-likeness (QED) is 0.481. The van der Waals surface area contributed by atoms with Gasteiger partial charge >= 0.3 is 0 Å². The predicted octanol–water partition coefficient (Wildman–Crippen LogP) is 0.458. The fraction of sp³-hybridized carbons (Fsp3) is 0.333. The van der Waals surface area contributed by atoms with Crippen molar-refractivity contribution >= 4 is 17.1 Å². The Morgan fingerprint density at radius 2 is 1.86 bits per heavy atom. The summed E-state index contributed by atoms with van der Waals surface area (Å²) < 4.78 is 10.2. The first-order valence-electron chi connectivity index (χ1n) is 4.21. The minimum atomic E-state index is 0.412. The molecule has 0 spiro atoms. The number of anilines is 3. The van der Waals surface area contributed by atoms with Crippen molar-refractivity contribution in [2.45, 2.75) is 0 Å². The fourth-order valence-electron chi connectivity index (χ4n) is 1.02. The zero-order valence-corrected chi connectivity index (χ0v) is 8.12. The zero-order chi connectivity index (χ0) is 10.6. The molecule has 5 nitrogen and oxygen atoms in total.